The van der Waals surface area contributed by atoms with Crippen LogP contribution in [0.15, 0.2) is 48.5 Å². The minimum Gasteiger partial charge on any atom is -0.485 e. The van der Waals surface area contributed by atoms with Crippen molar-refractivity contribution in [1.29, 1.82) is 0 Å². The van der Waals surface area contributed by atoms with Crippen LogP contribution < -0.4 is 14.8 Å². The van der Waals surface area contributed by atoms with Crippen molar-refractivity contribution in [3.05, 3.63) is 59.7 Å². The summed E-state index contributed by atoms with van der Waals surface area (Å²) in [6, 6.07) is 15.2. The van der Waals surface area contributed by atoms with Gasteiger partial charge in [0.25, 0.3) is 5.91 Å². The lowest BCUT2D eigenvalue weighted by molar-refractivity contribution is -0.131. The number of hydrogen-bond donors (Lipinski definition) is 2. The number of aliphatic hydroxyl groups is 1. The molecule has 0 unspecified atom stereocenters. The summed E-state index contributed by atoms with van der Waals surface area (Å²) >= 11 is 0. The predicted octanol–water partition coefficient (Wildman–Crippen LogP) is 2.63. The maximum atomic E-state index is 12.5. The molecule has 0 fully saturated rings. The molecule has 0 aromatic heterocycles. The van der Waals surface area contributed by atoms with Crippen LogP contribution in [0.5, 0.6) is 11.5 Å². The van der Waals surface area contributed by atoms with E-state index in [-0.39, 0.29) is 18.6 Å². The fourth-order valence-corrected chi connectivity index (χ4v) is 2.84. The summed E-state index contributed by atoms with van der Waals surface area (Å²) in [5.41, 5.74) is 2.01. The zero-order valence-corrected chi connectivity index (χ0v) is 14.4. The highest BCUT2D eigenvalue weighted by Crippen LogP contribution is 2.33. The molecular formula is C20H23NO4. The average Bonchev–Trinajstić information content (AvgIpc) is 2.61. The lowest BCUT2D eigenvalue weighted by Gasteiger charge is -2.27. The van der Waals surface area contributed by atoms with Gasteiger partial charge < -0.3 is 19.9 Å². The third kappa shape index (κ3) is 4.31. The van der Waals surface area contributed by atoms with Crippen LogP contribution in [-0.4, -0.2) is 29.8 Å². The second kappa shape index (κ2) is 7.57. The number of benzene rings is 2. The SMILES string of the molecule is C[C@@H](O)Cc1ccc2c(c1)OC[C@H](C(=O)N[C@H](C)c1ccccc1)O2. The maximum Gasteiger partial charge on any atom is 0.265 e. The summed E-state index contributed by atoms with van der Waals surface area (Å²) < 4.78 is 11.5. The Balaban J connectivity index is 1.63. The molecule has 0 spiro atoms. The van der Waals surface area contributed by atoms with Gasteiger partial charge in [0.1, 0.15) is 6.61 Å². The van der Waals surface area contributed by atoms with Crippen molar-refractivity contribution in [1.82, 2.24) is 5.32 Å². The molecule has 132 valence electrons. The van der Waals surface area contributed by atoms with Gasteiger partial charge in [0.15, 0.2) is 11.5 Å². The molecule has 1 aliphatic heterocycles. The molecule has 0 saturated carbocycles. The number of ether oxygens (including phenoxy) is 2. The summed E-state index contributed by atoms with van der Waals surface area (Å²) in [4.78, 5) is 12.5. The molecule has 0 saturated heterocycles. The van der Waals surface area contributed by atoms with E-state index in [1.807, 2.05) is 49.4 Å². The Morgan fingerprint density at radius 1 is 1.20 bits per heavy atom. The molecular weight excluding hydrogens is 318 g/mol. The molecule has 0 bridgehead atoms. The van der Waals surface area contributed by atoms with Gasteiger partial charge in [-0.05, 0) is 43.5 Å². The van der Waals surface area contributed by atoms with Crippen molar-refractivity contribution in [3.8, 4) is 11.5 Å². The highest BCUT2D eigenvalue weighted by atomic mass is 16.6. The highest BCUT2D eigenvalue weighted by molar-refractivity contribution is 5.82. The van der Waals surface area contributed by atoms with Crippen LogP contribution in [-0.2, 0) is 11.2 Å². The molecule has 0 aliphatic carbocycles. The Hall–Kier alpha value is -2.53. The van der Waals surface area contributed by atoms with E-state index < -0.39 is 12.2 Å². The minimum absolute atomic E-state index is 0.105. The van der Waals surface area contributed by atoms with Crippen molar-refractivity contribution in [2.75, 3.05) is 6.61 Å². The molecule has 1 amide bonds. The van der Waals surface area contributed by atoms with Gasteiger partial charge in [-0.25, -0.2) is 0 Å². The first-order valence-corrected chi connectivity index (χ1v) is 8.48. The van der Waals surface area contributed by atoms with Gasteiger partial charge in [0, 0.05) is 0 Å². The van der Waals surface area contributed by atoms with Crippen molar-refractivity contribution in [3.63, 3.8) is 0 Å². The maximum absolute atomic E-state index is 12.5. The topological polar surface area (TPSA) is 67.8 Å². The van der Waals surface area contributed by atoms with E-state index in [1.54, 1.807) is 13.0 Å². The predicted molar refractivity (Wildman–Crippen MR) is 94.7 cm³/mol. The Kier molecular flexibility index (Phi) is 5.24. The smallest absolute Gasteiger partial charge is 0.265 e. The monoisotopic (exact) mass is 341 g/mol. The minimum atomic E-state index is -0.679. The van der Waals surface area contributed by atoms with Gasteiger partial charge in [-0.1, -0.05) is 36.4 Å². The summed E-state index contributed by atoms with van der Waals surface area (Å²) in [6.45, 7) is 3.84. The van der Waals surface area contributed by atoms with E-state index in [0.717, 1.165) is 11.1 Å². The zero-order valence-electron chi connectivity index (χ0n) is 14.4. The first kappa shape index (κ1) is 17.3. The molecule has 5 nitrogen and oxygen atoms in total. The fourth-order valence-electron chi connectivity index (χ4n) is 2.84. The largest absolute Gasteiger partial charge is 0.485 e. The van der Waals surface area contributed by atoms with Gasteiger partial charge in [0.05, 0.1) is 12.1 Å². The van der Waals surface area contributed by atoms with Gasteiger partial charge >= 0.3 is 0 Å². The standard InChI is InChI=1S/C20H23NO4/c1-13(22)10-15-8-9-17-18(11-15)24-12-19(25-17)20(23)21-14(2)16-6-4-3-5-7-16/h3-9,11,13-14,19,22H,10,12H2,1-2H3,(H,21,23)/t13-,14-,19-/m1/s1. The van der Waals surface area contributed by atoms with Crippen molar-refractivity contribution in [2.45, 2.75) is 38.5 Å². The Morgan fingerprint density at radius 2 is 1.96 bits per heavy atom. The number of nitrogens with one attached hydrogen (secondary N) is 1. The lowest BCUT2D eigenvalue weighted by atomic mass is 10.1. The first-order chi connectivity index (χ1) is 12.0. The van der Waals surface area contributed by atoms with Gasteiger partial charge in [0.2, 0.25) is 6.10 Å². The molecule has 2 aromatic carbocycles. The highest BCUT2D eigenvalue weighted by Gasteiger charge is 2.28. The number of rotatable bonds is 5. The van der Waals surface area contributed by atoms with Gasteiger partial charge in [-0.3, -0.25) is 4.79 Å². The summed E-state index contributed by atoms with van der Waals surface area (Å²) in [6.07, 6.45) is -0.545. The van der Waals surface area contributed by atoms with Crippen LogP contribution in [0, 0.1) is 0 Å². The lowest BCUT2D eigenvalue weighted by Crippen LogP contribution is -2.44. The Labute approximate surface area is 147 Å². The molecule has 0 radical (unpaired) electrons. The molecule has 3 rings (SSSR count). The number of hydrogen-bond acceptors (Lipinski definition) is 4. The fraction of sp³-hybridized carbons (Fsp3) is 0.350. The normalized spacial score (nSPS) is 18.3. The van der Waals surface area contributed by atoms with Gasteiger partial charge in [-0.15, -0.1) is 0 Å². The zero-order chi connectivity index (χ0) is 17.8. The quantitative estimate of drug-likeness (QED) is 0.877. The van der Waals surface area contributed by atoms with Crippen LogP contribution in [0.3, 0.4) is 0 Å². The average molecular weight is 341 g/mol. The van der Waals surface area contributed by atoms with E-state index in [0.29, 0.717) is 17.9 Å². The number of carbonyl (C=O) groups excluding carboxylic acids is 1. The number of carbonyl (C=O) groups is 1. The molecule has 5 heteroatoms. The molecule has 1 aliphatic rings. The van der Waals surface area contributed by atoms with Crippen LogP contribution in [0.2, 0.25) is 0 Å². The summed E-state index contributed by atoms with van der Waals surface area (Å²) in [5.74, 6) is 0.960. The van der Waals surface area contributed by atoms with Crippen molar-refractivity contribution in [2.24, 2.45) is 0 Å². The summed E-state index contributed by atoms with van der Waals surface area (Å²) in [7, 11) is 0. The van der Waals surface area contributed by atoms with Crippen LogP contribution in [0.4, 0.5) is 0 Å². The molecule has 2 N–H and O–H groups in total. The second-order valence-electron chi connectivity index (χ2n) is 6.39. The van der Waals surface area contributed by atoms with E-state index >= 15 is 0 Å². The van der Waals surface area contributed by atoms with E-state index in [2.05, 4.69) is 5.32 Å². The number of aliphatic hydroxyl groups excluding tert-OH is 1. The third-order valence-corrected chi connectivity index (χ3v) is 4.15. The van der Waals surface area contributed by atoms with E-state index in [4.69, 9.17) is 9.47 Å². The molecule has 1 heterocycles. The second-order valence-corrected chi connectivity index (χ2v) is 6.39. The van der Waals surface area contributed by atoms with Crippen molar-refractivity contribution < 1.29 is 19.4 Å². The number of amides is 1. The van der Waals surface area contributed by atoms with Crippen LogP contribution >= 0.6 is 0 Å². The van der Waals surface area contributed by atoms with E-state index in [9.17, 15) is 9.90 Å². The van der Waals surface area contributed by atoms with Crippen molar-refractivity contribution >= 4 is 5.91 Å². The molecule has 3 atom stereocenters. The van der Waals surface area contributed by atoms with Crippen LogP contribution in [0.25, 0.3) is 0 Å². The molecule has 2 aromatic rings. The summed E-state index contributed by atoms with van der Waals surface area (Å²) in [5, 5.41) is 12.4. The van der Waals surface area contributed by atoms with Crippen LogP contribution in [0.1, 0.15) is 31.0 Å². The third-order valence-electron chi connectivity index (χ3n) is 4.15. The Morgan fingerprint density at radius 3 is 2.68 bits per heavy atom. The first-order valence-electron chi connectivity index (χ1n) is 8.48. The molecule has 25 heavy (non-hydrogen) atoms. The Bertz CT molecular complexity index is 730. The van der Waals surface area contributed by atoms with Gasteiger partial charge in [-0.2, -0.15) is 0 Å². The van der Waals surface area contributed by atoms with E-state index in [1.165, 1.54) is 0 Å². The number of fused-ring (bicyclic) bond motifs is 1.